The minimum atomic E-state index is -0.844. The van der Waals surface area contributed by atoms with Gasteiger partial charge >= 0.3 is 0 Å². The summed E-state index contributed by atoms with van der Waals surface area (Å²) in [5.41, 5.74) is 3.58. The number of anilines is 1. The Morgan fingerprint density at radius 1 is 1.03 bits per heavy atom. The maximum atomic E-state index is 13.3. The highest BCUT2D eigenvalue weighted by Gasteiger charge is 2.47. The highest BCUT2D eigenvalue weighted by Crippen LogP contribution is 2.41. The Hall–Kier alpha value is -3.93. The highest BCUT2D eigenvalue weighted by molar-refractivity contribution is 6.51. The zero-order chi connectivity index (χ0) is 25.7. The number of aryl methyl sites for hydroxylation is 2. The van der Waals surface area contributed by atoms with Gasteiger partial charge in [-0.1, -0.05) is 38.5 Å². The van der Waals surface area contributed by atoms with Crippen molar-refractivity contribution in [3.8, 4) is 5.75 Å². The first kappa shape index (κ1) is 25.2. The topological polar surface area (TPSA) is 79.7 Å². The fourth-order valence-corrected chi connectivity index (χ4v) is 4.45. The average Bonchev–Trinajstić information content (AvgIpc) is 3.17. The van der Waals surface area contributed by atoms with E-state index in [1.165, 1.54) is 10.5 Å². The van der Waals surface area contributed by atoms with Gasteiger partial charge < -0.3 is 9.84 Å². The van der Waals surface area contributed by atoms with Crippen molar-refractivity contribution in [2.45, 2.75) is 52.5 Å². The number of Topliss-reactive ketones (excluding diaryl/α,β-unsaturated/α-hetero) is 1. The van der Waals surface area contributed by atoms with E-state index in [4.69, 9.17) is 4.74 Å². The van der Waals surface area contributed by atoms with E-state index in [0.717, 1.165) is 37.0 Å². The summed E-state index contributed by atoms with van der Waals surface area (Å²) in [6, 6.07) is 17.4. The SMILES string of the molecule is CCCCc1ccc(N2C(=O)C(=O)/C(=C(\O)c3ccc(OCCC)c(C)c3)C2c2ccccn2)cc1. The monoisotopic (exact) mass is 484 g/mol. The molecule has 0 radical (unpaired) electrons. The maximum Gasteiger partial charge on any atom is 0.300 e. The molecule has 6 nitrogen and oxygen atoms in total. The fourth-order valence-electron chi connectivity index (χ4n) is 4.45. The van der Waals surface area contributed by atoms with Crippen LogP contribution >= 0.6 is 0 Å². The molecular formula is C30H32N2O4. The third kappa shape index (κ3) is 5.03. The van der Waals surface area contributed by atoms with Gasteiger partial charge in [0.1, 0.15) is 17.6 Å². The predicted molar refractivity (Wildman–Crippen MR) is 141 cm³/mol. The number of unbranched alkanes of at least 4 members (excludes halogenated alkanes) is 1. The molecular weight excluding hydrogens is 452 g/mol. The zero-order valence-corrected chi connectivity index (χ0v) is 21.0. The van der Waals surface area contributed by atoms with Crippen molar-refractivity contribution >= 4 is 23.1 Å². The van der Waals surface area contributed by atoms with Gasteiger partial charge in [0, 0.05) is 17.4 Å². The molecule has 2 heterocycles. The average molecular weight is 485 g/mol. The number of pyridine rings is 1. The Morgan fingerprint density at radius 2 is 1.81 bits per heavy atom. The minimum absolute atomic E-state index is 0.0235. The molecule has 1 amide bonds. The molecule has 3 aromatic rings. The summed E-state index contributed by atoms with van der Waals surface area (Å²) in [5.74, 6) is -0.926. The fraction of sp³-hybridized carbons (Fsp3) is 0.300. The minimum Gasteiger partial charge on any atom is -0.507 e. The Bertz CT molecular complexity index is 1270. The first-order valence-electron chi connectivity index (χ1n) is 12.5. The van der Waals surface area contributed by atoms with E-state index in [2.05, 4.69) is 11.9 Å². The summed E-state index contributed by atoms with van der Waals surface area (Å²) in [6.45, 7) is 6.66. The second-order valence-corrected chi connectivity index (χ2v) is 9.02. The Morgan fingerprint density at radius 3 is 2.44 bits per heavy atom. The smallest absolute Gasteiger partial charge is 0.300 e. The number of amides is 1. The molecule has 0 spiro atoms. The van der Waals surface area contributed by atoms with E-state index in [0.29, 0.717) is 23.6 Å². The number of ketones is 1. The summed E-state index contributed by atoms with van der Waals surface area (Å²) < 4.78 is 5.75. The lowest BCUT2D eigenvalue weighted by Gasteiger charge is -2.25. The van der Waals surface area contributed by atoms with Crippen LogP contribution in [0.25, 0.3) is 5.76 Å². The van der Waals surface area contributed by atoms with Crippen LogP contribution in [0.4, 0.5) is 5.69 Å². The van der Waals surface area contributed by atoms with Gasteiger partial charge in [0.2, 0.25) is 0 Å². The largest absolute Gasteiger partial charge is 0.507 e. The summed E-state index contributed by atoms with van der Waals surface area (Å²) >= 11 is 0. The molecule has 0 saturated carbocycles. The van der Waals surface area contributed by atoms with E-state index in [-0.39, 0.29) is 11.3 Å². The van der Waals surface area contributed by atoms with Gasteiger partial charge in [-0.25, -0.2) is 0 Å². The van der Waals surface area contributed by atoms with Crippen LogP contribution in [0.2, 0.25) is 0 Å². The van der Waals surface area contributed by atoms with E-state index in [1.807, 2.05) is 38.1 Å². The first-order valence-corrected chi connectivity index (χ1v) is 12.5. The highest BCUT2D eigenvalue weighted by atomic mass is 16.5. The van der Waals surface area contributed by atoms with Gasteiger partial charge in [-0.3, -0.25) is 19.5 Å². The number of benzene rings is 2. The van der Waals surface area contributed by atoms with Gasteiger partial charge in [0.05, 0.1) is 17.9 Å². The molecule has 1 saturated heterocycles. The maximum absolute atomic E-state index is 13.3. The van der Waals surface area contributed by atoms with Crippen molar-refractivity contribution < 1.29 is 19.4 Å². The number of rotatable bonds is 9. The van der Waals surface area contributed by atoms with Crippen LogP contribution in [0, 0.1) is 6.92 Å². The van der Waals surface area contributed by atoms with Crippen LogP contribution in [0.3, 0.4) is 0 Å². The van der Waals surface area contributed by atoms with Gasteiger partial charge in [-0.05, 0) is 79.8 Å². The van der Waals surface area contributed by atoms with E-state index < -0.39 is 17.7 Å². The molecule has 6 heteroatoms. The Balaban J connectivity index is 1.79. The lowest BCUT2D eigenvalue weighted by molar-refractivity contribution is -0.132. The first-order chi connectivity index (χ1) is 17.5. The van der Waals surface area contributed by atoms with Crippen molar-refractivity contribution in [3.63, 3.8) is 0 Å². The van der Waals surface area contributed by atoms with E-state index in [9.17, 15) is 14.7 Å². The number of nitrogens with zero attached hydrogens (tertiary/aromatic N) is 2. The molecule has 2 aromatic carbocycles. The van der Waals surface area contributed by atoms with Crippen LogP contribution in [0.15, 0.2) is 72.4 Å². The van der Waals surface area contributed by atoms with Crippen molar-refractivity contribution in [2.75, 3.05) is 11.5 Å². The number of aromatic nitrogens is 1. The van der Waals surface area contributed by atoms with Crippen LogP contribution in [-0.4, -0.2) is 28.4 Å². The molecule has 186 valence electrons. The van der Waals surface area contributed by atoms with Crippen LogP contribution in [0.1, 0.15) is 61.5 Å². The number of aliphatic hydroxyl groups excluding tert-OH is 1. The lowest BCUT2D eigenvalue weighted by Crippen LogP contribution is -2.29. The molecule has 1 aliphatic rings. The van der Waals surface area contributed by atoms with Crippen molar-refractivity contribution in [3.05, 3.63) is 94.8 Å². The molecule has 1 N–H and O–H groups in total. The molecule has 4 rings (SSSR count). The number of hydrogen-bond donors (Lipinski definition) is 1. The van der Waals surface area contributed by atoms with Crippen LogP contribution in [-0.2, 0) is 16.0 Å². The molecule has 1 fully saturated rings. The summed E-state index contributed by atoms with van der Waals surface area (Å²) in [4.78, 5) is 32.5. The van der Waals surface area contributed by atoms with Crippen molar-refractivity contribution in [1.29, 1.82) is 0 Å². The number of carbonyl (C=O) groups is 2. The van der Waals surface area contributed by atoms with Gasteiger partial charge in [0.15, 0.2) is 0 Å². The third-order valence-electron chi connectivity index (χ3n) is 6.36. The Labute approximate surface area is 212 Å². The summed E-state index contributed by atoms with van der Waals surface area (Å²) in [7, 11) is 0. The summed E-state index contributed by atoms with van der Waals surface area (Å²) in [6.07, 6.45) is 5.64. The zero-order valence-electron chi connectivity index (χ0n) is 21.0. The quantitative estimate of drug-likeness (QED) is 0.224. The lowest BCUT2D eigenvalue weighted by atomic mass is 9.97. The number of carbonyl (C=O) groups excluding carboxylic acids is 2. The molecule has 1 aromatic heterocycles. The summed E-state index contributed by atoms with van der Waals surface area (Å²) in [5, 5.41) is 11.3. The molecule has 0 aliphatic carbocycles. The Kier molecular flexibility index (Phi) is 7.84. The van der Waals surface area contributed by atoms with Gasteiger partial charge in [-0.15, -0.1) is 0 Å². The normalized spacial score (nSPS) is 17.0. The second-order valence-electron chi connectivity index (χ2n) is 9.02. The number of aliphatic hydroxyl groups is 1. The van der Waals surface area contributed by atoms with Crippen LogP contribution < -0.4 is 9.64 Å². The molecule has 36 heavy (non-hydrogen) atoms. The van der Waals surface area contributed by atoms with Gasteiger partial charge in [-0.2, -0.15) is 0 Å². The van der Waals surface area contributed by atoms with Gasteiger partial charge in [0.25, 0.3) is 11.7 Å². The van der Waals surface area contributed by atoms with Crippen molar-refractivity contribution in [1.82, 2.24) is 4.98 Å². The number of hydrogen-bond acceptors (Lipinski definition) is 5. The molecule has 0 bridgehead atoms. The van der Waals surface area contributed by atoms with E-state index in [1.54, 1.807) is 42.6 Å². The third-order valence-corrected chi connectivity index (χ3v) is 6.36. The van der Waals surface area contributed by atoms with Crippen LogP contribution in [0.5, 0.6) is 5.75 Å². The second kappa shape index (κ2) is 11.2. The standard InChI is InChI=1S/C30H32N2O4/c1-4-6-9-21-11-14-23(15-12-21)32-27(24-10-7-8-17-31-24)26(29(34)30(32)35)28(33)22-13-16-25(20(3)19-22)36-18-5-2/h7-8,10-17,19,27,33H,4-6,9,18H2,1-3H3/b28-26-. The molecule has 1 atom stereocenters. The van der Waals surface area contributed by atoms with E-state index >= 15 is 0 Å². The predicted octanol–water partition coefficient (Wildman–Crippen LogP) is 6.15. The molecule has 1 unspecified atom stereocenters. The van der Waals surface area contributed by atoms with Crippen molar-refractivity contribution in [2.24, 2.45) is 0 Å². The number of ether oxygens (including phenoxy) is 1. The molecule has 1 aliphatic heterocycles.